The van der Waals surface area contributed by atoms with Crippen molar-refractivity contribution in [2.75, 3.05) is 29.4 Å². The van der Waals surface area contributed by atoms with Gasteiger partial charge in [0.1, 0.15) is 29.8 Å². The van der Waals surface area contributed by atoms with Crippen LogP contribution in [0.1, 0.15) is 128 Å². The van der Waals surface area contributed by atoms with Crippen molar-refractivity contribution in [2.24, 2.45) is 17.1 Å². The number of piperidine rings is 1. The number of para-hydroxylation sites is 1. The summed E-state index contributed by atoms with van der Waals surface area (Å²) in [5, 5.41) is 22.5. The number of anilines is 2. The van der Waals surface area contributed by atoms with E-state index < -0.39 is 77.2 Å². The molecular weight excluding hydrogens is 1050 g/mol. The number of rotatable bonds is 20. The highest BCUT2D eigenvalue weighted by molar-refractivity contribution is 7.13. The average Bonchev–Trinajstić information content (AvgIpc) is 4.14. The Morgan fingerprint density at radius 3 is 2.21 bits per heavy atom. The van der Waals surface area contributed by atoms with Crippen molar-refractivity contribution in [3.05, 3.63) is 100 Å². The van der Waals surface area contributed by atoms with Crippen LogP contribution in [0.2, 0.25) is 0 Å². The van der Waals surface area contributed by atoms with Crippen molar-refractivity contribution < 1.29 is 48.1 Å². The highest BCUT2D eigenvalue weighted by Gasteiger charge is 2.46. The third-order valence-corrected chi connectivity index (χ3v) is 16.9. The molecular formula is C61H81N9O10S. The number of nitrogens with one attached hydrogen (secondary N) is 4. The van der Waals surface area contributed by atoms with E-state index in [1.165, 1.54) is 9.80 Å². The van der Waals surface area contributed by atoms with Crippen molar-refractivity contribution in [3.8, 4) is 10.4 Å². The van der Waals surface area contributed by atoms with Crippen LogP contribution in [0.5, 0.6) is 0 Å². The van der Waals surface area contributed by atoms with Gasteiger partial charge in [-0.15, -0.1) is 11.3 Å². The first-order valence-corrected chi connectivity index (χ1v) is 29.3. The van der Waals surface area contributed by atoms with E-state index in [2.05, 4.69) is 43.3 Å². The van der Waals surface area contributed by atoms with Crippen molar-refractivity contribution in [3.63, 3.8) is 0 Å². The van der Waals surface area contributed by atoms with Gasteiger partial charge in [-0.05, 0) is 124 Å². The van der Waals surface area contributed by atoms with Crippen LogP contribution >= 0.6 is 11.3 Å². The molecule has 4 aromatic rings. The zero-order valence-corrected chi connectivity index (χ0v) is 48.9. The molecule has 0 saturated carbocycles. The van der Waals surface area contributed by atoms with Crippen molar-refractivity contribution in [1.29, 1.82) is 0 Å². The second-order valence-electron chi connectivity index (χ2n) is 24.3. The summed E-state index contributed by atoms with van der Waals surface area (Å²) in [5.74, 6) is -1.97. The number of likely N-dealkylation sites (tertiary alicyclic amines) is 1. The number of thiazole rings is 1. The molecule has 1 aromatic heterocycles. The molecule has 7 amide bonds. The van der Waals surface area contributed by atoms with Crippen LogP contribution in [0.15, 0.2) is 72.2 Å². The maximum atomic E-state index is 14.3. The first kappa shape index (κ1) is 60.2. The molecule has 7 atom stereocenters. The summed E-state index contributed by atoms with van der Waals surface area (Å²) in [6, 6.07) is 17.6. The minimum absolute atomic E-state index is 0.00195. The molecule has 4 aliphatic rings. The standard InChI is InChI=1S/C61H81N9O10S/c1-36-53(81-35-64-36)42-17-12-39(13-18-42)32-63-55(74)48-31-45(71)33-69(48)58(77)54(60(3,4)5)67-51(73)25-16-38-26-28-68(29-27-38)44-20-14-40(15-21-44)34-79-37(2)46(23-24-50(62)72)65-56(75)49-30-43-11-9-10-41-19-22-47(57(76)70(49)52(41)43)66-59(78)80-61(6,7)8/h9-15,17-18,20-21,35,37-38,45-49,54,71H,16,19,22-34H2,1-8H3,(H2,62,72)(H,63,74)(H,65,75)(H,66,78)(H,67,73)/t37-,45-,46+,47+,48+,49+,54-/m1/s1. The van der Waals surface area contributed by atoms with E-state index in [4.69, 9.17) is 15.2 Å². The Labute approximate surface area is 479 Å². The van der Waals surface area contributed by atoms with Gasteiger partial charge in [0.25, 0.3) is 0 Å². The number of β-amino-alcohol motifs (C(OH)–C–C–N with tert-alkyl or cyclic N) is 1. The number of hydrogen-bond acceptors (Lipinski definition) is 13. The topological polar surface area (TPSA) is 255 Å². The summed E-state index contributed by atoms with van der Waals surface area (Å²) >= 11 is 1.57. The molecule has 0 unspecified atom stereocenters. The number of aliphatic hydroxyl groups excluding tert-OH is 1. The van der Waals surface area contributed by atoms with E-state index in [1.54, 1.807) is 32.1 Å². The molecule has 0 spiro atoms. The number of ether oxygens (including phenoxy) is 2. The number of nitrogens with two attached hydrogens (primary N) is 1. The van der Waals surface area contributed by atoms with E-state index in [9.17, 15) is 38.7 Å². The Morgan fingerprint density at radius 2 is 1.56 bits per heavy atom. The molecule has 3 aromatic carbocycles. The quantitative estimate of drug-likeness (QED) is 0.0564. The number of carbonyl (C=O) groups excluding carboxylic acids is 7. The SMILES string of the molecule is Cc1ncsc1-c1ccc(CNC(=O)[C@@H]2C[C@@H](O)CN2C(=O)[C@@H](NC(=O)CCC2CCN(c3ccc(CO[C@H](C)[C@H](CCC(N)=O)NC(=O)[C@@H]4Cc5cccc6c5N4C(=O)[C@@H](NC(=O)OC(C)(C)C)CC6)cc3)CC2)C(C)(C)C)cc1. The van der Waals surface area contributed by atoms with Gasteiger partial charge in [-0.1, -0.05) is 75.4 Å². The summed E-state index contributed by atoms with van der Waals surface area (Å²) in [6.45, 7) is 16.8. The van der Waals surface area contributed by atoms with Crippen LogP contribution in [-0.2, 0) is 64.2 Å². The first-order chi connectivity index (χ1) is 38.4. The molecule has 0 aliphatic carbocycles. The number of amides is 7. The van der Waals surface area contributed by atoms with Gasteiger partial charge in [-0.2, -0.15) is 0 Å². The monoisotopic (exact) mass is 1130 g/mol. The van der Waals surface area contributed by atoms with Crippen LogP contribution in [0.3, 0.4) is 0 Å². The molecule has 2 saturated heterocycles. The summed E-state index contributed by atoms with van der Waals surface area (Å²) in [6.07, 6.45) is 2.06. The largest absolute Gasteiger partial charge is 0.444 e. The van der Waals surface area contributed by atoms with E-state index in [1.807, 2.05) is 94.7 Å². The van der Waals surface area contributed by atoms with Gasteiger partial charge in [-0.3, -0.25) is 33.7 Å². The maximum Gasteiger partial charge on any atom is 0.408 e. The number of hydrogen-bond donors (Lipinski definition) is 6. The fourth-order valence-corrected chi connectivity index (χ4v) is 12.2. The zero-order valence-electron chi connectivity index (χ0n) is 48.0. The fraction of sp³-hybridized carbons (Fsp3) is 0.541. The highest BCUT2D eigenvalue weighted by Crippen LogP contribution is 2.40. The van der Waals surface area contributed by atoms with Gasteiger partial charge in [-0.25, -0.2) is 9.78 Å². The normalized spacial score (nSPS) is 20.4. The van der Waals surface area contributed by atoms with E-state index in [-0.39, 0.29) is 69.5 Å². The Bertz CT molecular complexity index is 2910. The van der Waals surface area contributed by atoms with E-state index in [0.717, 1.165) is 70.0 Å². The number of nitrogens with zero attached hydrogens (tertiary/aromatic N) is 4. The number of alkyl carbamates (subject to hydrolysis) is 1. The highest BCUT2D eigenvalue weighted by atomic mass is 32.1. The molecule has 7 N–H and O–H groups in total. The van der Waals surface area contributed by atoms with Gasteiger partial charge >= 0.3 is 6.09 Å². The lowest BCUT2D eigenvalue weighted by atomic mass is 9.85. The minimum atomic E-state index is -0.905. The van der Waals surface area contributed by atoms with Crippen LogP contribution in [0.4, 0.5) is 16.2 Å². The number of benzene rings is 3. The molecule has 0 radical (unpaired) electrons. The van der Waals surface area contributed by atoms with Crippen molar-refractivity contribution in [2.45, 2.75) is 181 Å². The number of aryl methyl sites for hydroxylation is 2. The Hall–Kier alpha value is -6.90. The lowest BCUT2D eigenvalue weighted by Crippen LogP contribution is -2.57. The van der Waals surface area contributed by atoms with Gasteiger partial charge in [0.05, 0.1) is 46.6 Å². The van der Waals surface area contributed by atoms with Gasteiger partial charge < -0.3 is 51.4 Å². The summed E-state index contributed by atoms with van der Waals surface area (Å²) in [5.41, 5.74) is 13.3. The molecule has 81 heavy (non-hydrogen) atoms. The summed E-state index contributed by atoms with van der Waals surface area (Å²) < 4.78 is 11.8. The van der Waals surface area contributed by atoms with Crippen molar-refractivity contribution in [1.82, 2.24) is 31.2 Å². The molecule has 19 nitrogen and oxygen atoms in total. The Morgan fingerprint density at radius 1 is 0.864 bits per heavy atom. The van der Waals surface area contributed by atoms with Crippen molar-refractivity contribution >= 4 is 64.2 Å². The molecule has 436 valence electrons. The number of aliphatic hydroxyl groups is 1. The predicted octanol–water partition coefficient (Wildman–Crippen LogP) is 6.38. The van der Waals surface area contributed by atoms with Gasteiger partial charge in [0.2, 0.25) is 35.4 Å². The molecule has 8 rings (SSSR count). The number of aromatic nitrogens is 1. The van der Waals surface area contributed by atoms with Gasteiger partial charge in [0.15, 0.2) is 0 Å². The second kappa shape index (κ2) is 25.9. The van der Waals surface area contributed by atoms with Crippen LogP contribution in [0, 0.1) is 18.3 Å². The first-order valence-electron chi connectivity index (χ1n) is 28.4. The second-order valence-corrected chi connectivity index (χ2v) is 25.2. The predicted molar refractivity (Wildman–Crippen MR) is 310 cm³/mol. The van der Waals surface area contributed by atoms with E-state index >= 15 is 0 Å². The minimum Gasteiger partial charge on any atom is -0.444 e. The average molecular weight is 1130 g/mol. The number of carbonyl (C=O) groups is 7. The summed E-state index contributed by atoms with van der Waals surface area (Å²) in [4.78, 5) is 105. The molecule has 5 heterocycles. The van der Waals surface area contributed by atoms with Crippen LogP contribution in [-0.4, -0.2) is 124 Å². The Kier molecular flexibility index (Phi) is 19.3. The fourth-order valence-electron chi connectivity index (χ4n) is 11.4. The summed E-state index contributed by atoms with van der Waals surface area (Å²) in [7, 11) is 0. The smallest absolute Gasteiger partial charge is 0.408 e. The third-order valence-electron chi connectivity index (χ3n) is 15.9. The Balaban J connectivity index is 0.793. The van der Waals surface area contributed by atoms with Crippen LogP contribution in [0.25, 0.3) is 10.4 Å². The third kappa shape index (κ3) is 15.4. The molecule has 4 aliphatic heterocycles. The lowest BCUT2D eigenvalue weighted by molar-refractivity contribution is -0.144. The maximum absolute atomic E-state index is 14.3. The van der Waals surface area contributed by atoms with E-state index in [0.29, 0.717) is 30.9 Å². The van der Waals surface area contributed by atoms with Crippen LogP contribution < -0.4 is 36.8 Å². The zero-order chi connectivity index (χ0) is 58.3. The molecule has 0 bridgehead atoms. The number of primary amides is 1. The molecule has 20 heteroatoms. The lowest BCUT2D eigenvalue weighted by Gasteiger charge is -2.36. The molecule has 2 fully saturated rings. The van der Waals surface area contributed by atoms with Gasteiger partial charge in [0, 0.05) is 57.5 Å².